The molecule has 146 valence electrons. The van der Waals surface area contributed by atoms with Crippen LogP contribution < -0.4 is 5.69 Å². The fourth-order valence-corrected chi connectivity index (χ4v) is 4.03. The molecule has 3 rings (SSSR count). The summed E-state index contributed by atoms with van der Waals surface area (Å²) in [6.45, 7) is 1.03. The third kappa shape index (κ3) is 5.36. The Labute approximate surface area is 176 Å². The Morgan fingerprint density at radius 1 is 1.18 bits per heavy atom. The minimum atomic E-state index is -0.257. The van der Waals surface area contributed by atoms with E-state index in [-0.39, 0.29) is 17.3 Å². The number of nitrogens with zero attached hydrogens (tertiary/aromatic N) is 3. The number of hydrogen-bond acceptors (Lipinski definition) is 4. The zero-order valence-corrected chi connectivity index (χ0v) is 17.9. The monoisotopic (exact) mass is 460 g/mol. The van der Waals surface area contributed by atoms with Crippen LogP contribution in [0.25, 0.3) is 0 Å². The number of halogens is 1. The Hall–Kier alpha value is -2.32. The van der Waals surface area contributed by atoms with Crippen molar-refractivity contribution in [2.45, 2.75) is 24.7 Å². The number of benzene rings is 2. The molecule has 28 heavy (non-hydrogen) atoms. The summed E-state index contributed by atoms with van der Waals surface area (Å²) >= 11 is 4.77. The second-order valence-corrected chi connectivity index (χ2v) is 8.13. The molecule has 0 spiro atoms. The molecule has 0 atom stereocenters. The van der Waals surface area contributed by atoms with Crippen molar-refractivity contribution in [3.05, 3.63) is 80.7 Å². The Morgan fingerprint density at radius 2 is 1.89 bits per heavy atom. The van der Waals surface area contributed by atoms with Gasteiger partial charge in [-0.25, -0.2) is 9.89 Å². The van der Waals surface area contributed by atoms with Crippen LogP contribution in [-0.2, 0) is 24.3 Å². The van der Waals surface area contributed by atoms with Crippen LogP contribution in [0.15, 0.2) is 69.0 Å². The van der Waals surface area contributed by atoms with Gasteiger partial charge in [0, 0.05) is 24.6 Å². The first-order valence-electron chi connectivity index (χ1n) is 8.84. The van der Waals surface area contributed by atoms with E-state index < -0.39 is 0 Å². The molecule has 0 aliphatic carbocycles. The summed E-state index contributed by atoms with van der Waals surface area (Å²) in [7, 11) is 1.77. The molecule has 0 radical (unpaired) electrons. The average molecular weight is 461 g/mol. The highest BCUT2D eigenvalue weighted by atomic mass is 79.9. The number of aromatic nitrogens is 3. The van der Waals surface area contributed by atoms with Crippen molar-refractivity contribution in [1.29, 1.82) is 0 Å². The molecule has 2 aromatic carbocycles. The Balaban J connectivity index is 1.57. The van der Waals surface area contributed by atoms with E-state index in [4.69, 9.17) is 0 Å². The number of thioether (sulfide) groups is 1. The summed E-state index contributed by atoms with van der Waals surface area (Å²) in [6, 6.07) is 17.8. The van der Waals surface area contributed by atoms with Gasteiger partial charge in [-0.3, -0.25) is 9.36 Å². The first-order chi connectivity index (χ1) is 13.5. The number of nitrogens with one attached hydrogen (secondary N) is 1. The topological polar surface area (TPSA) is 71.0 Å². The number of aryl methyl sites for hydroxylation is 1. The molecule has 1 N–H and O–H groups in total. The van der Waals surface area contributed by atoms with Crippen LogP contribution in [0.1, 0.15) is 11.1 Å². The van der Waals surface area contributed by atoms with Crippen LogP contribution in [-0.4, -0.2) is 38.4 Å². The number of rotatable bonds is 8. The second-order valence-electron chi connectivity index (χ2n) is 6.33. The molecule has 6 nitrogen and oxygen atoms in total. The predicted molar refractivity (Wildman–Crippen MR) is 114 cm³/mol. The lowest BCUT2D eigenvalue weighted by Gasteiger charge is -2.17. The van der Waals surface area contributed by atoms with Gasteiger partial charge in [0.1, 0.15) is 0 Å². The van der Waals surface area contributed by atoms with Crippen LogP contribution in [0.5, 0.6) is 0 Å². The Morgan fingerprint density at radius 3 is 2.64 bits per heavy atom. The smallest absolute Gasteiger partial charge is 0.341 e. The summed E-state index contributed by atoms with van der Waals surface area (Å²) < 4.78 is 2.56. The first-order valence-corrected chi connectivity index (χ1v) is 10.6. The highest BCUT2D eigenvalue weighted by Crippen LogP contribution is 2.19. The van der Waals surface area contributed by atoms with Gasteiger partial charge in [0.25, 0.3) is 0 Å². The van der Waals surface area contributed by atoms with E-state index in [2.05, 4.69) is 26.1 Å². The predicted octanol–water partition coefficient (Wildman–Crippen LogP) is 3.33. The molecule has 0 saturated heterocycles. The minimum Gasteiger partial charge on any atom is -0.341 e. The summed E-state index contributed by atoms with van der Waals surface area (Å²) in [5, 5.41) is 7.08. The van der Waals surface area contributed by atoms with Gasteiger partial charge >= 0.3 is 5.69 Å². The SMILES string of the molecule is CN(Cc1ccccc1Br)C(=O)CSc1n[nH]c(=O)n1CCc1ccccc1. The molecule has 3 aromatic rings. The quantitative estimate of drug-likeness (QED) is 0.523. The molecule has 0 aliphatic rings. The molecule has 8 heteroatoms. The molecular weight excluding hydrogens is 440 g/mol. The van der Waals surface area contributed by atoms with Crippen LogP contribution in [0, 0.1) is 0 Å². The zero-order chi connectivity index (χ0) is 19.9. The van der Waals surface area contributed by atoms with Crippen molar-refractivity contribution in [2.75, 3.05) is 12.8 Å². The van der Waals surface area contributed by atoms with Gasteiger partial charge in [-0.2, -0.15) is 0 Å². The van der Waals surface area contributed by atoms with Gasteiger partial charge in [0.2, 0.25) is 5.91 Å². The van der Waals surface area contributed by atoms with Crippen molar-refractivity contribution in [3.63, 3.8) is 0 Å². The lowest BCUT2D eigenvalue weighted by atomic mass is 10.1. The lowest BCUT2D eigenvalue weighted by molar-refractivity contribution is -0.127. The summed E-state index contributed by atoms with van der Waals surface area (Å²) in [6.07, 6.45) is 0.726. The van der Waals surface area contributed by atoms with Crippen LogP contribution in [0.2, 0.25) is 0 Å². The van der Waals surface area contributed by atoms with Gasteiger partial charge in [0.05, 0.1) is 5.75 Å². The van der Waals surface area contributed by atoms with E-state index in [1.165, 1.54) is 11.8 Å². The van der Waals surface area contributed by atoms with Gasteiger partial charge in [0.15, 0.2) is 5.16 Å². The molecule has 0 aliphatic heterocycles. The molecule has 1 aromatic heterocycles. The molecular formula is C20H21BrN4O2S. The minimum absolute atomic E-state index is 0.0224. The van der Waals surface area contributed by atoms with E-state index in [0.717, 1.165) is 22.0 Å². The Kier molecular flexibility index (Phi) is 7.11. The number of aromatic amines is 1. The number of carbonyl (C=O) groups is 1. The standard InChI is InChI=1S/C20H21BrN4O2S/c1-24(13-16-9-5-6-10-17(16)21)18(26)14-28-20-23-22-19(27)25(20)12-11-15-7-3-2-4-8-15/h2-10H,11-14H2,1H3,(H,22,27). The third-order valence-electron chi connectivity index (χ3n) is 4.31. The molecule has 0 bridgehead atoms. The maximum atomic E-state index is 12.5. The lowest BCUT2D eigenvalue weighted by Crippen LogP contribution is -2.28. The van der Waals surface area contributed by atoms with Gasteiger partial charge in [-0.1, -0.05) is 76.2 Å². The number of amides is 1. The molecule has 0 fully saturated rings. The third-order valence-corrected chi connectivity index (χ3v) is 6.04. The number of H-pyrrole nitrogens is 1. The maximum absolute atomic E-state index is 12.5. The molecule has 1 heterocycles. The van der Waals surface area contributed by atoms with E-state index in [1.807, 2.05) is 54.6 Å². The fourth-order valence-electron chi connectivity index (χ4n) is 2.70. The highest BCUT2D eigenvalue weighted by molar-refractivity contribution is 9.10. The maximum Gasteiger partial charge on any atom is 0.343 e. The van der Waals surface area contributed by atoms with E-state index in [9.17, 15) is 9.59 Å². The molecule has 0 saturated carbocycles. The van der Waals surface area contributed by atoms with Crippen molar-refractivity contribution in [1.82, 2.24) is 19.7 Å². The van der Waals surface area contributed by atoms with Gasteiger partial charge < -0.3 is 4.90 Å². The average Bonchev–Trinajstić information content (AvgIpc) is 3.06. The zero-order valence-electron chi connectivity index (χ0n) is 15.5. The van der Waals surface area contributed by atoms with Crippen molar-refractivity contribution in [2.24, 2.45) is 0 Å². The molecule has 0 unspecified atom stereocenters. The normalized spacial score (nSPS) is 10.8. The highest BCUT2D eigenvalue weighted by Gasteiger charge is 2.15. The fraction of sp³-hybridized carbons (Fsp3) is 0.250. The van der Waals surface area contributed by atoms with E-state index in [1.54, 1.807) is 16.5 Å². The van der Waals surface area contributed by atoms with Crippen LogP contribution in [0.4, 0.5) is 0 Å². The summed E-state index contributed by atoms with van der Waals surface area (Å²) in [4.78, 5) is 26.2. The van der Waals surface area contributed by atoms with Crippen LogP contribution >= 0.6 is 27.7 Å². The van der Waals surface area contributed by atoms with Crippen molar-refractivity contribution >= 4 is 33.6 Å². The van der Waals surface area contributed by atoms with Crippen molar-refractivity contribution < 1.29 is 4.79 Å². The number of hydrogen-bond donors (Lipinski definition) is 1. The largest absolute Gasteiger partial charge is 0.343 e. The Bertz CT molecular complexity index is 987. The van der Waals surface area contributed by atoms with E-state index in [0.29, 0.717) is 18.2 Å². The summed E-state index contributed by atoms with van der Waals surface area (Å²) in [5.74, 6) is 0.196. The second kappa shape index (κ2) is 9.75. The van der Waals surface area contributed by atoms with Gasteiger partial charge in [-0.15, -0.1) is 5.10 Å². The van der Waals surface area contributed by atoms with Crippen LogP contribution in [0.3, 0.4) is 0 Å². The van der Waals surface area contributed by atoms with Crippen molar-refractivity contribution in [3.8, 4) is 0 Å². The first kappa shape index (κ1) is 20.4. The summed E-state index contributed by atoms with van der Waals surface area (Å²) in [5.41, 5.74) is 1.94. The van der Waals surface area contributed by atoms with Gasteiger partial charge in [-0.05, 0) is 23.6 Å². The number of carbonyl (C=O) groups excluding carboxylic acids is 1. The van der Waals surface area contributed by atoms with E-state index >= 15 is 0 Å². The molecule has 1 amide bonds.